The van der Waals surface area contributed by atoms with Crippen LogP contribution in [0.15, 0.2) is 91.0 Å². The lowest BCUT2D eigenvalue weighted by Gasteiger charge is -2.17. The monoisotopic (exact) mass is 455 g/mol. The Morgan fingerprint density at radius 1 is 0.879 bits per heavy atom. The number of nitrogens with zero attached hydrogens (tertiary/aromatic N) is 1. The van der Waals surface area contributed by atoms with Crippen molar-refractivity contribution in [2.45, 2.75) is 6.54 Å². The normalized spacial score (nSPS) is 14.0. The van der Waals surface area contributed by atoms with Gasteiger partial charge in [0.15, 0.2) is 0 Å². The van der Waals surface area contributed by atoms with Crippen LogP contribution < -0.4 is 9.64 Å². The summed E-state index contributed by atoms with van der Waals surface area (Å²) >= 11 is 1.68. The molecule has 1 aliphatic heterocycles. The van der Waals surface area contributed by atoms with Gasteiger partial charge in [-0.15, -0.1) is 11.3 Å². The number of benzene rings is 3. The number of fused-ring (bicyclic) bond motifs is 1. The Morgan fingerprint density at radius 2 is 1.64 bits per heavy atom. The van der Waals surface area contributed by atoms with E-state index in [1.165, 1.54) is 10.4 Å². The van der Waals surface area contributed by atoms with E-state index in [0.717, 1.165) is 21.7 Å². The second kappa shape index (κ2) is 9.43. The molecule has 1 aromatic heterocycles. The fourth-order valence-corrected chi connectivity index (χ4v) is 4.92. The van der Waals surface area contributed by atoms with Crippen LogP contribution in [0.25, 0.3) is 22.1 Å². The van der Waals surface area contributed by atoms with E-state index in [4.69, 9.17) is 4.74 Å². The molecule has 2 heterocycles. The van der Waals surface area contributed by atoms with E-state index in [2.05, 4.69) is 24.3 Å². The Hall–Kier alpha value is -3.70. The minimum absolute atomic E-state index is 0.0105. The summed E-state index contributed by atoms with van der Waals surface area (Å²) in [5.41, 5.74) is 4.71. The minimum Gasteiger partial charge on any atom is -0.491 e. The maximum Gasteiger partial charge on any atom is 0.259 e. The first kappa shape index (κ1) is 21.2. The minimum atomic E-state index is -0.521. The van der Waals surface area contributed by atoms with Crippen LogP contribution in [0.1, 0.15) is 16.0 Å². The van der Waals surface area contributed by atoms with Gasteiger partial charge in [0.05, 0.1) is 17.8 Å². The Morgan fingerprint density at radius 3 is 2.42 bits per heavy atom. The Kier molecular flexibility index (Phi) is 6.05. The van der Waals surface area contributed by atoms with Crippen molar-refractivity contribution >= 4 is 34.6 Å². The molecule has 33 heavy (non-hydrogen) atoms. The van der Waals surface area contributed by atoms with Gasteiger partial charge in [-0.05, 0) is 47.5 Å². The maximum absolute atomic E-state index is 13.5. The van der Waals surface area contributed by atoms with Crippen LogP contribution in [0, 0.1) is 0 Å². The second-order valence-electron chi connectivity index (χ2n) is 7.72. The summed E-state index contributed by atoms with van der Waals surface area (Å²) in [7, 11) is 0. The molecule has 0 spiro atoms. The van der Waals surface area contributed by atoms with Crippen molar-refractivity contribution in [2.75, 3.05) is 18.2 Å². The van der Waals surface area contributed by atoms with Gasteiger partial charge >= 0.3 is 0 Å². The number of ether oxygens (including phenoxy) is 1. The molecule has 5 rings (SSSR count). The van der Waals surface area contributed by atoms with E-state index in [0.29, 0.717) is 17.9 Å². The average molecular weight is 456 g/mol. The molecule has 0 aliphatic carbocycles. The SMILES string of the molecule is O=C1/C(=C\c2ccc(-c3ccccc3)s2)c2ccccc2N1Cc1ccc(OCCF)cc1. The summed E-state index contributed by atoms with van der Waals surface area (Å²) in [6, 6.07) is 29.8. The van der Waals surface area contributed by atoms with Crippen LogP contribution in [0.4, 0.5) is 10.1 Å². The van der Waals surface area contributed by atoms with E-state index in [1.807, 2.05) is 77.7 Å². The first-order chi connectivity index (χ1) is 16.2. The fraction of sp³-hybridized carbons (Fsp3) is 0.107. The zero-order valence-corrected chi connectivity index (χ0v) is 18.7. The second-order valence-corrected chi connectivity index (χ2v) is 8.83. The van der Waals surface area contributed by atoms with Gasteiger partial charge in [0.25, 0.3) is 5.91 Å². The number of carbonyl (C=O) groups excluding carboxylic acids is 1. The average Bonchev–Trinajstić information content (AvgIpc) is 3.43. The molecule has 164 valence electrons. The van der Waals surface area contributed by atoms with Gasteiger partial charge in [-0.2, -0.15) is 0 Å². The lowest BCUT2D eigenvalue weighted by molar-refractivity contribution is -0.113. The van der Waals surface area contributed by atoms with Gasteiger partial charge in [0.2, 0.25) is 0 Å². The van der Waals surface area contributed by atoms with Crippen molar-refractivity contribution < 1.29 is 13.9 Å². The lowest BCUT2D eigenvalue weighted by Crippen LogP contribution is -2.25. The molecular weight excluding hydrogens is 433 g/mol. The van der Waals surface area contributed by atoms with Crippen LogP contribution in [0.3, 0.4) is 0 Å². The highest BCUT2D eigenvalue weighted by molar-refractivity contribution is 7.16. The molecule has 1 aliphatic rings. The number of amides is 1. The lowest BCUT2D eigenvalue weighted by atomic mass is 10.1. The first-order valence-corrected chi connectivity index (χ1v) is 11.6. The zero-order chi connectivity index (χ0) is 22.6. The third kappa shape index (κ3) is 4.45. The quantitative estimate of drug-likeness (QED) is 0.285. The summed E-state index contributed by atoms with van der Waals surface area (Å²) in [5, 5.41) is 0. The summed E-state index contributed by atoms with van der Waals surface area (Å²) in [6.45, 7) is -0.0243. The van der Waals surface area contributed by atoms with E-state index in [9.17, 15) is 9.18 Å². The number of alkyl halides is 1. The fourth-order valence-electron chi connectivity index (χ4n) is 3.96. The molecule has 0 unspecified atom stereocenters. The number of rotatable bonds is 7. The summed E-state index contributed by atoms with van der Waals surface area (Å²) in [5.74, 6) is 0.612. The highest BCUT2D eigenvalue weighted by atomic mass is 32.1. The number of hydrogen-bond acceptors (Lipinski definition) is 3. The first-order valence-electron chi connectivity index (χ1n) is 10.8. The Labute approximate surface area is 196 Å². The largest absolute Gasteiger partial charge is 0.491 e. The van der Waals surface area contributed by atoms with Crippen molar-refractivity contribution in [1.29, 1.82) is 0 Å². The molecule has 3 nitrogen and oxygen atoms in total. The van der Waals surface area contributed by atoms with Crippen molar-refractivity contribution in [2.24, 2.45) is 0 Å². The third-order valence-electron chi connectivity index (χ3n) is 5.54. The predicted molar refractivity (Wildman–Crippen MR) is 133 cm³/mol. The van der Waals surface area contributed by atoms with Gasteiger partial charge < -0.3 is 9.64 Å². The molecule has 5 heteroatoms. The number of thiophene rings is 1. The van der Waals surface area contributed by atoms with Gasteiger partial charge in [-0.25, -0.2) is 4.39 Å². The maximum atomic E-state index is 13.5. The molecular formula is C28H22FNO2S. The molecule has 4 aromatic rings. The predicted octanol–water partition coefficient (Wildman–Crippen LogP) is 6.85. The van der Waals surface area contributed by atoms with Gasteiger partial charge in [-0.3, -0.25) is 4.79 Å². The van der Waals surface area contributed by atoms with Crippen molar-refractivity contribution in [1.82, 2.24) is 0 Å². The van der Waals surface area contributed by atoms with Crippen molar-refractivity contribution in [3.63, 3.8) is 0 Å². The molecule has 3 aromatic carbocycles. The van der Waals surface area contributed by atoms with Crippen LogP contribution in [0.2, 0.25) is 0 Å². The summed E-state index contributed by atoms with van der Waals surface area (Å²) in [4.78, 5) is 17.5. The number of para-hydroxylation sites is 1. The van der Waals surface area contributed by atoms with Gasteiger partial charge in [0.1, 0.15) is 19.0 Å². The van der Waals surface area contributed by atoms with Crippen LogP contribution in [0.5, 0.6) is 5.75 Å². The molecule has 0 atom stereocenters. The molecule has 0 saturated carbocycles. The molecule has 0 radical (unpaired) electrons. The highest BCUT2D eigenvalue weighted by Gasteiger charge is 2.32. The number of anilines is 1. The topological polar surface area (TPSA) is 29.5 Å². The molecule has 0 saturated heterocycles. The number of carbonyl (C=O) groups is 1. The smallest absolute Gasteiger partial charge is 0.259 e. The van der Waals surface area contributed by atoms with Crippen LogP contribution in [-0.2, 0) is 11.3 Å². The molecule has 1 amide bonds. The molecule has 0 fully saturated rings. The van der Waals surface area contributed by atoms with E-state index < -0.39 is 6.67 Å². The van der Waals surface area contributed by atoms with Crippen LogP contribution >= 0.6 is 11.3 Å². The number of halogens is 1. The molecule has 0 N–H and O–H groups in total. The van der Waals surface area contributed by atoms with Gasteiger partial charge in [0, 0.05) is 15.3 Å². The van der Waals surface area contributed by atoms with E-state index in [1.54, 1.807) is 11.3 Å². The molecule has 0 bridgehead atoms. The summed E-state index contributed by atoms with van der Waals surface area (Å²) < 4.78 is 17.6. The zero-order valence-electron chi connectivity index (χ0n) is 17.9. The Bertz CT molecular complexity index is 1290. The summed E-state index contributed by atoms with van der Waals surface area (Å²) in [6.07, 6.45) is 1.99. The van der Waals surface area contributed by atoms with E-state index >= 15 is 0 Å². The van der Waals surface area contributed by atoms with E-state index in [-0.39, 0.29) is 12.5 Å². The van der Waals surface area contributed by atoms with Crippen molar-refractivity contribution in [3.8, 4) is 16.2 Å². The van der Waals surface area contributed by atoms with Crippen molar-refractivity contribution in [3.05, 3.63) is 107 Å². The van der Waals surface area contributed by atoms with Crippen LogP contribution in [-0.4, -0.2) is 19.2 Å². The Balaban J connectivity index is 1.41. The van der Waals surface area contributed by atoms with Gasteiger partial charge in [-0.1, -0.05) is 60.7 Å². The standard InChI is InChI=1S/C28H22FNO2S/c29-16-17-32-22-12-10-20(11-13-22)19-30-26-9-5-4-8-24(26)25(28(30)31)18-23-14-15-27(33-23)21-6-2-1-3-7-21/h1-15,18H,16-17,19H2/b25-18-. The number of hydrogen-bond donors (Lipinski definition) is 0. The highest BCUT2D eigenvalue weighted by Crippen LogP contribution is 2.40. The third-order valence-corrected chi connectivity index (χ3v) is 6.62.